The molecule has 0 amide bonds. The lowest BCUT2D eigenvalue weighted by Crippen LogP contribution is -2.08. The number of aryl methyl sites for hydroxylation is 4. The zero-order valence-corrected chi connectivity index (χ0v) is 19.8. The van der Waals surface area contributed by atoms with Crippen molar-refractivity contribution in [2.45, 2.75) is 27.7 Å². The van der Waals surface area contributed by atoms with Crippen molar-refractivity contribution in [1.82, 2.24) is 0 Å². The predicted molar refractivity (Wildman–Crippen MR) is 135 cm³/mol. The van der Waals surface area contributed by atoms with Crippen molar-refractivity contribution in [2.24, 2.45) is 0 Å². The Morgan fingerprint density at radius 3 is 1.53 bits per heavy atom. The Bertz CT molecular complexity index is 1270. The molecule has 0 saturated heterocycles. The lowest BCUT2D eigenvalue weighted by molar-refractivity contribution is 0.0734. The van der Waals surface area contributed by atoms with Crippen molar-refractivity contribution < 1.29 is 19.4 Å². The summed E-state index contributed by atoms with van der Waals surface area (Å²) < 4.78 is 5.26. The van der Waals surface area contributed by atoms with Gasteiger partial charge >= 0.3 is 5.97 Å². The van der Waals surface area contributed by atoms with Crippen LogP contribution in [0.5, 0.6) is 11.5 Å². The molecule has 0 aliphatic carbocycles. The first-order chi connectivity index (χ1) is 16.2. The van der Waals surface area contributed by atoms with Gasteiger partial charge in [-0.1, -0.05) is 71.3 Å². The first-order valence-electron chi connectivity index (χ1n) is 11.0. The molecule has 0 aliphatic rings. The number of ether oxygens (including phenoxy) is 1. The van der Waals surface area contributed by atoms with Crippen LogP contribution >= 0.6 is 0 Å². The SMILES string of the molecule is Cc1ccc(C(=O)c2ccc(C)cc2O)cc1.Cc1ccc(OC(=O)c2ccc(C)cc2)cc1. The number of rotatable bonds is 4. The second kappa shape index (κ2) is 11.1. The third-order valence-corrected chi connectivity index (χ3v) is 5.23. The van der Waals surface area contributed by atoms with Gasteiger partial charge in [0.15, 0.2) is 5.78 Å². The fourth-order valence-corrected chi connectivity index (χ4v) is 3.16. The van der Waals surface area contributed by atoms with E-state index < -0.39 is 0 Å². The molecular weight excluding hydrogens is 424 g/mol. The van der Waals surface area contributed by atoms with Crippen LogP contribution in [0.2, 0.25) is 0 Å². The van der Waals surface area contributed by atoms with E-state index in [1.807, 2.05) is 70.2 Å². The van der Waals surface area contributed by atoms with Crippen LogP contribution in [-0.4, -0.2) is 16.9 Å². The molecule has 4 aromatic carbocycles. The maximum atomic E-state index is 12.1. The molecule has 34 heavy (non-hydrogen) atoms. The van der Waals surface area contributed by atoms with Crippen molar-refractivity contribution in [2.75, 3.05) is 0 Å². The van der Waals surface area contributed by atoms with Gasteiger partial charge in [-0.3, -0.25) is 4.79 Å². The zero-order chi connectivity index (χ0) is 24.7. The van der Waals surface area contributed by atoms with Crippen LogP contribution in [0.3, 0.4) is 0 Å². The summed E-state index contributed by atoms with van der Waals surface area (Å²) in [5, 5.41) is 9.76. The van der Waals surface area contributed by atoms with Gasteiger partial charge in [-0.15, -0.1) is 0 Å². The largest absolute Gasteiger partial charge is 0.507 e. The monoisotopic (exact) mass is 452 g/mol. The second-order valence-corrected chi connectivity index (χ2v) is 8.28. The third kappa shape index (κ3) is 6.66. The first kappa shape index (κ1) is 24.5. The van der Waals surface area contributed by atoms with E-state index in [2.05, 4.69) is 0 Å². The van der Waals surface area contributed by atoms with Gasteiger partial charge in [0.25, 0.3) is 0 Å². The van der Waals surface area contributed by atoms with E-state index in [0.717, 1.165) is 22.3 Å². The van der Waals surface area contributed by atoms with Crippen molar-refractivity contribution in [3.05, 3.63) is 130 Å². The maximum Gasteiger partial charge on any atom is 0.343 e. The number of phenols is 1. The fourth-order valence-electron chi connectivity index (χ4n) is 3.16. The summed E-state index contributed by atoms with van der Waals surface area (Å²) in [5.41, 5.74) is 5.81. The quantitative estimate of drug-likeness (QED) is 0.211. The van der Waals surface area contributed by atoms with Gasteiger partial charge in [0.1, 0.15) is 11.5 Å². The van der Waals surface area contributed by atoms with E-state index in [0.29, 0.717) is 22.4 Å². The number of aromatic hydroxyl groups is 1. The molecule has 4 heteroatoms. The Morgan fingerprint density at radius 2 is 1.03 bits per heavy atom. The van der Waals surface area contributed by atoms with Gasteiger partial charge in [0.05, 0.1) is 11.1 Å². The molecule has 0 aromatic heterocycles. The Kier molecular flexibility index (Phi) is 7.99. The summed E-state index contributed by atoms with van der Waals surface area (Å²) in [6, 6.07) is 27.1. The summed E-state index contributed by atoms with van der Waals surface area (Å²) >= 11 is 0. The van der Waals surface area contributed by atoms with E-state index in [1.165, 1.54) is 0 Å². The van der Waals surface area contributed by atoms with Gasteiger partial charge in [-0.05, 0) is 69.7 Å². The molecular formula is C30H28O4. The standard InChI is InChI=1S/2C15H14O2/c1-11-3-7-13(8-4-11)15(16)17-14-9-5-12(2)6-10-14;1-10-3-6-12(7-4-10)15(17)13-8-5-11(2)9-14(13)16/h3-10H,1-2H3;3-9,16H,1-2H3. The molecule has 4 rings (SSSR count). The van der Waals surface area contributed by atoms with E-state index in [9.17, 15) is 14.7 Å². The van der Waals surface area contributed by atoms with Gasteiger partial charge < -0.3 is 9.84 Å². The molecule has 0 unspecified atom stereocenters. The zero-order valence-electron chi connectivity index (χ0n) is 19.8. The molecule has 0 aliphatic heterocycles. The van der Waals surface area contributed by atoms with Crippen molar-refractivity contribution in [3.8, 4) is 11.5 Å². The van der Waals surface area contributed by atoms with E-state index >= 15 is 0 Å². The van der Waals surface area contributed by atoms with Crippen LogP contribution in [0.4, 0.5) is 0 Å². The van der Waals surface area contributed by atoms with Crippen LogP contribution in [-0.2, 0) is 0 Å². The Hall–Kier alpha value is -4.18. The summed E-state index contributed by atoms with van der Waals surface area (Å²) in [5.74, 6) is 0.133. The maximum absolute atomic E-state index is 12.1. The number of carbonyl (C=O) groups is 2. The normalized spacial score (nSPS) is 10.1. The number of hydrogen-bond acceptors (Lipinski definition) is 4. The Morgan fingerprint density at radius 1 is 0.588 bits per heavy atom. The summed E-state index contributed by atoms with van der Waals surface area (Å²) in [4.78, 5) is 23.9. The van der Waals surface area contributed by atoms with Crippen molar-refractivity contribution in [3.63, 3.8) is 0 Å². The highest BCUT2D eigenvalue weighted by molar-refractivity contribution is 6.10. The lowest BCUT2D eigenvalue weighted by atomic mass is 10.0. The second-order valence-electron chi connectivity index (χ2n) is 8.28. The van der Waals surface area contributed by atoms with Crippen LogP contribution in [0, 0.1) is 27.7 Å². The number of esters is 1. The minimum atomic E-state index is -0.325. The first-order valence-corrected chi connectivity index (χ1v) is 11.0. The average Bonchev–Trinajstić information content (AvgIpc) is 2.81. The molecule has 172 valence electrons. The molecule has 0 spiro atoms. The number of ketones is 1. The Labute approximate surface area is 200 Å². The molecule has 0 fully saturated rings. The van der Waals surface area contributed by atoms with Crippen molar-refractivity contribution >= 4 is 11.8 Å². The highest BCUT2D eigenvalue weighted by Gasteiger charge is 2.13. The molecule has 0 saturated carbocycles. The third-order valence-electron chi connectivity index (χ3n) is 5.23. The predicted octanol–water partition coefficient (Wildman–Crippen LogP) is 6.76. The fraction of sp³-hybridized carbons (Fsp3) is 0.133. The van der Waals surface area contributed by atoms with Gasteiger partial charge in [-0.25, -0.2) is 4.79 Å². The smallest absolute Gasteiger partial charge is 0.343 e. The average molecular weight is 453 g/mol. The van der Waals surface area contributed by atoms with Crippen LogP contribution in [0.15, 0.2) is 91.0 Å². The van der Waals surface area contributed by atoms with Crippen LogP contribution in [0.25, 0.3) is 0 Å². The molecule has 4 aromatic rings. The highest BCUT2D eigenvalue weighted by atomic mass is 16.5. The van der Waals surface area contributed by atoms with Gasteiger partial charge in [0.2, 0.25) is 0 Å². The molecule has 0 radical (unpaired) electrons. The van der Waals surface area contributed by atoms with Gasteiger partial charge in [-0.2, -0.15) is 0 Å². The summed E-state index contributed by atoms with van der Waals surface area (Å²) in [6.45, 7) is 7.82. The number of phenolic OH excluding ortho intramolecular Hbond substituents is 1. The summed E-state index contributed by atoms with van der Waals surface area (Å²) in [7, 11) is 0. The Balaban J connectivity index is 0.000000191. The van der Waals surface area contributed by atoms with Gasteiger partial charge in [0, 0.05) is 5.56 Å². The van der Waals surface area contributed by atoms with E-state index in [-0.39, 0.29) is 17.5 Å². The highest BCUT2D eigenvalue weighted by Crippen LogP contribution is 2.22. The lowest BCUT2D eigenvalue weighted by Gasteiger charge is -2.05. The minimum Gasteiger partial charge on any atom is -0.507 e. The van der Waals surface area contributed by atoms with E-state index in [1.54, 1.807) is 48.5 Å². The topological polar surface area (TPSA) is 63.6 Å². The van der Waals surface area contributed by atoms with Crippen LogP contribution in [0.1, 0.15) is 48.5 Å². The number of benzene rings is 4. The number of hydrogen-bond donors (Lipinski definition) is 1. The summed E-state index contributed by atoms with van der Waals surface area (Å²) in [6.07, 6.45) is 0. The molecule has 0 heterocycles. The number of carbonyl (C=O) groups excluding carboxylic acids is 2. The van der Waals surface area contributed by atoms with Crippen molar-refractivity contribution in [1.29, 1.82) is 0 Å². The minimum absolute atomic E-state index is 0.0376. The van der Waals surface area contributed by atoms with E-state index in [4.69, 9.17) is 4.74 Å². The molecule has 0 bridgehead atoms. The molecule has 0 atom stereocenters. The van der Waals surface area contributed by atoms with Crippen LogP contribution < -0.4 is 4.74 Å². The molecule has 4 nitrogen and oxygen atoms in total. The molecule has 1 N–H and O–H groups in total.